The van der Waals surface area contributed by atoms with E-state index in [1.165, 1.54) is 6.07 Å². The van der Waals surface area contributed by atoms with Crippen molar-refractivity contribution >= 4 is 27.5 Å². The normalized spacial score (nSPS) is 20.8. The third kappa shape index (κ3) is 2.93. The molecule has 5 heteroatoms. The van der Waals surface area contributed by atoms with Gasteiger partial charge in [-0.25, -0.2) is 4.39 Å². The van der Waals surface area contributed by atoms with Crippen LogP contribution in [0.3, 0.4) is 0 Å². The molecular formula is C16H14BrClFNO. The molecule has 3 rings (SSSR count). The molecule has 0 saturated heterocycles. The van der Waals surface area contributed by atoms with Crippen molar-refractivity contribution in [2.24, 2.45) is 0 Å². The highest BCUT2D eigenvalue weighted by Gasteiger charge is 2.28. The van der Waals surface area contributed by atoms with Crippen LogP contribution in [0.25, 0.3) is 0 Å². The van der Waals surface area contributed by atoms with Crippen molar-refractivity contribution in [1.29, 1.82) is 0 Å². The first-order valence-corrected chi connectivity index (χ1v) is 7.84. The number of nitrogens with one attached hydrogen (secondary N) is 1. The smallest absolute Gasteiger partial charge is 0.141 e. The minimum atomic E-state index is -0.411. The molecule has 0 spiro atoms. The molecule has 0 bridgehead atoms. The van der Waals surface area contributed by atoms with E-state index in [-0.39, 0.29) is 17.2 Å². The van der Waals surface area contributed by atoms with Gasteiger partial charge in [-0.15, -0.1) is 0 Å². The maximum absolute atomic E-state index is 13.3. The molecule has 2 aromatic carbocycles. The first kappa shape index (κ1) is 14.8. The van der Waals surface area contributed by atoms with Crippen molar-refractivity contribution < 1.29 is 9.13 Å². The number of benzene rings is 2. The van der Waals surface area contributed by atoms with Crippen LogP contribution in [0.1, 0.15) is 29.7 Å². The number of hydrogen-bond acceptors (Lipinski definition) is 2. The van der Waals surface area contributed by atoms with Gasteiger partial charge in [-0.2, -0.15) is 0 Å². The number of fused-ring (bicyclic) bond motifs is 1. The Kier molecular flexibility index (Phi) is 4.20. The Morgan fingerprint density at radius 2 is 2.10 bits per heavy atom. The van der Waals surface area contributed by atoms with E-state index in [1.807, 2.05) is 19.2 Å². The lowest BCUT2D eigenvalue weighted by atomic mass is 9.93. The summed E-state index contributed by atoms with van der Waals surface area (Å²) >= 11 is 9.35. The van der Waals surface area contributed by atoms with Crippen LogP contribution in [-0.2, 0) is 0 Å². The molecule has 1 aliphatic heterocycles. The highest BCUT2D eigenvalue weighted by atomic mass is 79.9. The maximum atomic E-state index is 13.3. The molecular weight excluding hydrogens is 357 g/mol. The molecule has 0 amide bonds. The van der Waals surface area contributed by atoms with E-state index >= 15 is 0 Å². The van der Waals surface area contributed by atoms with Crippen LogP contribution >= 0.6 is 27.5 Å². The third-order valence-corrected chi connectivity index (χ3v) is 4.51. The van der Waals surface area contributed by atoms with Gasteiger partial charge in [0.25, 0.3) is 0 Å². The van der Waals surface area contributed by atoms with Crippen molar-refractivity contribution in [2.75, 3.05) is 7.05 Å². The summed E-state index contributed by atoms with van der Waals surface area (Å²) in [7, 11) is 1.93. The molecule has 2 atom stereocenters. The van der Waals surface area contributed by atoms with E-state index in [0.717, 1.165) is 27.8 Å². The second-order valence-corrected chi connectivity index (χ2v) is 6.36. The Morgan fingerprint density at radius 1 is 1.29 bits per heavy atom. The molecule has 0 saturated carbocycles. The molecule has 1 N–H and O–H groups in total. The van der Waals surface area contributed by atoms with Gasteiger partial charge in [-0.05, 0) is 42.9 Å². The SMILES string of the molecule is CNC1CC(c2ccc(F)c(Cl)c2)Oc2ccc(Br)cc21. The number of rotatable bonds is 2. The van der Waals surface area contributed by atoms with E-state index in [0.29, 0.717) is 0 Å². The lowest BCUT2D eigenvalue weighted by Gasteiger charge is -2.32. The molecule has 1 aliphatic rings. The largest absolute Gasteiger partial charge is 0.485 e. The van der Waals surface area contributed by atoms with Crippen molar-refractivity contribution in [3.63, 3.8) is 0 Å². The van der Waals surface area contributed by atoms with Crippen LogP contribution in [0.15, 0.2) is 40.9 Å². The predicted molar refractivity (Wildman–Crippen MR) is 85.3 cm³/mol. The number of halogens is 3. The Labute approximate surface area is 136 Å². The Morgan fingerprint density at radius 3 is 2.81 bits per heavy atom. The van der Waals surface area contributed by atoms with Crippen LogP contribution in [0.4, 0.5) is 4.39 Å². The zero-order chi connectivity index (χ0) is 15.0. The van der Waals surface area contributed by atoms with E-state index in [9.17, 15) is 4.39 Å². The fourth-order valence-electron chi connectivity index (χ4n) is 2.63. The van der Waals surface area contributed by atoms with Crippen LogP contribution in [0, 0.1) is 5.82 Å². The van der Waals surface area contributed by atoms with Gasteiger partial charge in [0.2, 0.25) is 0 Å². The van der Waals surface area contributed by atoms with Gasteiger partial charge in [0.05, 0.1) is 5.02 Å². The van der Waals surface area contributed by atoms with Gasteiger partial charge in [0, 0.05) is 22.5 Å². The van der Waals surface area contributed by atoms with E-state index in [4.69, 9.17) is 16.3 Å². The molecule has 1 heterocycles. The summed E-state index contributed by atoms with van der Waals surface area (Å²) in [5.74, 6) is 0.431. The zero-order valence-electron chi connectivity index (χ0n) is 11.4. The molecule has 0 aromatic heterocycles. The van der Waals surface area contributed by atoms with E-state index in [2.05, 4.69) is 27.3 Å². The molecule has 0 fully saturated rings. The van der Waals surface area contributed by atoms with Crippen molar-refractivity contribution in [2.45, 2.75) is 18.6 Å². The number of hydrogen-bond donors (Lipinski definition) is 1. The van der Waals surface area contributed by atoms with Crippen molar-refractivity contribution in [1.82, 2.24) is 5.32 Å². The summed E-state index contributed by atoms with van der Waals surface area (Å²) in [6, 6.07) is 10.9. The summed E-state index contributed by atoms with van der Waals surface area (Å²) in [6.07, 6.45) is 0.622. The minimum Gasteiger partial charge on any atom is -0.485 e. The first-order chi connectivity index (χ1) is 10.1. The first-order valence-electron chi connectivity index (χ1n) is 6.67. The summed E-state index contributed by atoms with van der Waals surface area (Å²) in [5, 5.41) is 3.43. The summed E-state index contributed by atoms with van der Waals surface area (Å²) < 4.78 is 20.4. The second-order valence-electron chi connectivity index (χ2n) is 5.04. The fraction of sp³-hybridized carbons (Fsp3) is 0.250. The average Bonchev–Trinajstić information content (AvgIpc) is 2.49. The van der Waals surface area contributed by atoms with Gasteiger partial charge in [0.15, 0.2) is 0 Å². The second kappa shape index (κ2) is 5.95. The van der Waals surface area contributed by atoms with E-state index < -0.39 is 5.82 Å². The van der Waals surface area contributed by atoms with Crippen LogP contribution in [0.5, 0.6) is 5.75 Å². The van der Waals surface area contributed by atoms with Crippen molar-refractivity contribution in [3.05, 3.63) is 62.8 Å². The third-order valence-electron chi connectivity index (χ3n) is 3.73. The monoisotopic (exact) mass is 369 g/mol. The lowest BCUT2D eigenvalue weighted by molar-refractivity contribution is 0.154. The quantitative estimate of drug-likeness (QED) is 0.801. The van der Waals surface area contributed by atoms with Gasteiger partial charge < -0.3 is 10.1 Å². The molecule has 110 valence electrons. The van der Waals surface area contributed by atoms with Crippen LogP contribution < -0.4 is 10.1 Å². The van der Waals surface area contributed by atoms with Crippen LogP contribution in [0.2, 0.25) is 5.02 Å². The van der Waals surface area contributed by atoms with Gasteiger partial charge >= 0.3 is 0 Å². The van der Waals surface area contributed by atoms with Crippen molar-refractivity contribution in [3.8, 4) is 5.75 Å². The summed E-state index contributed by atoms with van der Waals surface area (Å²) in [6.45, 7) is 0. The molecule has 21 heavy (non-hydrogen) atoms. The average molecular weight is 371 g/mol. The van der Waals surface area contributed by atoms with Gasteiger partial charge in [-0.1, -0.05) is 33.6 Å². The standard InChI is InChI=1S/C16H14BrClFNO/c1-20-14-8-16(9-2-4-13(19)12(18)6-9)21-15-5-3-10(17)7-11(14)15/h2-7,14,16,20H,8H2,1H3. The Balaban J connectivity index is 1.96. The Bertz CT molecular complexity index is 679. The zero-order valence-corrected chi connectivity index (χ0v) is 13.7. The number of ether oxygens (including phenoxy) is 1. The maximum Gasteiger partial charge on any atom is 0.141 e. The highest BCUT2D eigenvalue weighted by molar-refractivity contribution is 9.10. The molecule has 2 nitrogen and oxygen atoms in total. The summed E-state index contributed by atoms with van der Waals surface area (Å²) in [5.41, 5.74) is 2.01. The fourth-order valence-corrected chi connectivity index (χ4v) is 3.20. The van der Waals surface area contributed by atoms with Gasteiger partial charge in [0.1, 0.15) is 17.7 Å². The molecule has 2 aromatic rings. The van der Waals surface area contributed by atoms with E-state index in [1.54, 1.807) is 12.1 Å². The van der Waals surface area contributed by atoms with Crippen LogP contribution in [-0.4, -0.2) is 7.05 Å². The molecule has 2 unspecified atom stereocenters. The molecule has 0 aliphatic carbocycles. The van der Waals surface area contributed by atoms with Gasteiger partial charge in [-0.3, -0.25) is 0 Å². The Hall–Kier alpha value is -1.10. The minimum absolute atomic E-state index is 0.124. The predicted octanol–water partition coefficient (Wildman–Crippen LogP) is 5.03. The lowest BCUT2D eigenvalue weighted by Crippen LogP contribution is -2.26. The topological polar surface area (TPSA) is 21.3 Å². The summed E-state index contributed by atoms with van der Waals surface area (Å²) in [4.78, 5) is 0. The highest BCUT2D eigenvalue weighted by Crippen LogP contribution is 2.42. The molecule has 0 radical (unpaired) electrons.